The Hall–Kier alpha value is -1.42. The summed E-state index contributed by atoms with van der Waals surface area (Å²) in [6.07, 6.45) is 3.41. The van der Waals surface area contributed by atoms with E-state index in [0.29, 0.717) is 12.1 Å². The number of rotatable bonds is 2. The highest BCUT2D eigenvalue weighted by molar-refractivity contribution is 5.91. The fourth-order valence-corrected chi connectivity index (χ4v) is 3.07. The predicted molar refractivity (Wildman–Crippen MR) is 71.1 cm³/mol. The molecule has 19 heavy (non-hydrogen) atoms. The molecule has 1 saturated carbocycles. The maximum Gasteiger partial charge on any atom is 0.233 e. The fourth-order valence-electron chi connectivity index (χ4n) is 3.07. The van der Waals surface area contributed by atoms with Crippen LogP contribution < -0.4 is 5.73 Å². The third kappa shape index (κ3) is 2.14. The number of piperidine rings is 1. The van der Waals surface area contributed by atoms with Crippen LogP contribution in [-0.2, 0) is 10.2 Å². The van der Waals surface area contributed by atoms with Crippen molar-refractivity contribution in [3.05, 3.63) is 35.6 Å². The van der Waals surface area contributed by atoms with Gasteiger partial charge in [-0.15, -0.1) is 0 Å². The van der Waals surface area contributed by atoms with E-state index in [4.69, 9.17) is 5.73 Å². The summed E-state index contributed by atoms with van der Waals surface area (Å²) in [5.74, 6) is -0.206. The fraction of sp³-hybridized carbons (Fsp3) is 0.533. The standard InChI is InChI=1S/C15H19FN2O/c16-13-6-2-1-5-12(13)15(7-8-15)14(19)18-9-3-4-11(17)10-18/h1-2,5-6,11H,3-4,7-10,17H2/t11-/m1/s1. The molecular weight excluding hydrogens is 243 g/mol. The highest BCUT2D eigenvalue weighted by Gasteiger charge is 2.54. The van der Waals surface area contributed by atoms with Gasteiger partial charge in [-0.25, -0.2) is 4.39 Å². The molecule has 3 rings (SSSR count). The Balaban J connectivity index is 1.85. The number of hydrogen-bond acceptors (Lipinski definition) is 2. The Morgan fingerprint density at radius 2 is 2.11 bits per heavy atom. The zero-order valence-corrected chi connectivity index (χ0v) is 10.9. The van der Waals surface area contributed by atoms with Gasteiger partial charge in [0, 0.05) is 24.7 Å². The second kappa shape index (κ2) is 4.60. The summed E-state index contributed by atoms with van der Waals surface area (Å²) in [6, 6.07) is 6.70. The van der Waals surface area contributed by atoms with Crippen molar-refractivity contribution in [3.8, 4) is 0 Å². The van der Waals surface area contributed by atoms with E-state index in [1.54, 1.807) is 18.2 Å². The molecule has 1 aromatic rings. The van der Waals surface area contributed by atoms with E-state index in [1.807, 2.05) is 4.90 Å². The largest absolute Gasteiger partial charge is 0.340 e. The van der Waals surface area contributed by atoms with Gasteiger partial charge in [-0.3, -0.25) is 4.79 Å². The SMILES string of the molecule is N[C@@H]1CCCN(C(=O)C2(c3ccccc3F)CC2)C1. The van der Waals surface area contributed by atoms with Crippen LogP contribution in [-0.4, -0.2) is 29.9 Å². The quantitative estimate of drug-likeness (QED) is 0.883. The van der Waals surface area contributed by atoms with Gasteiger partial charge in [0.25, 0.3) is 0 Å². The minimum absolute atomic E-state index is 0.0627. The molecule has 3 nitrogen and oxygen atoms in total. The van der Waals surface area contributed by atoms with Gasteiger partial charge < -0.3 is 10.6 Å². The van der Waals surface area contributed by atoms with Crippen LogP contribution >= 0.6 is 0 Å². The molecule has 0 unspecified atom stereocenters. The van der Waals surface area contributed by atoms with Gasteiger partial charge in [-0.1, -0.05) is 18.2 Å². The van der Waals surface area contributed by atoms with E-state index in [1.165, 1.54) is 6.07 Å². The second-order valence-corrected chi connectivity index (χ2v) is 5.72. The van der Waals surface area contributed by atoms with E-state index in [0.717, 1.165) is 32.2 Å². The Morgan fingerprint density at radius 1 is 1.37 bits per heavy atom. The minimum atomic E-state index is -0.609. The summed E-state index contributed by atoms with van der Waals surface area (Å²) in [6.45, 7) is 1.36. The zero-order valence-electron chi connectivity index (χ0n) is 10.9. The summed E-state index contributed by atoms with van der Waals surface area (Å²) in [4.78, 5) is 14.5. The predicted octanol–water partition coefficient (Wildman–Crippen LogP) is 1.81. The molecule has 4 heteroatoms. The van der Waals surface area contributed by atoms with Crippen molar-refractivity contribution in [2.45, 2.75) is 37.1 Å². The van der Waals surface area contributed by atoms with Gasteiger partial charge in [0.2, 0.25) is 5.91 Å². The lowest BCUT2D eigenvalue weighted by molar-refractivity contribution is -0.135. The molecular formula is C15H19FN2O. The van der Waals surface area contributed by atoms with Crippen LogP contribution in [0, 0.1) is 5.82 Å². The molecule has 0 bridgehead atoms. The Labute approximate surface area is 112 Å². The van der Waals surface area contributed by atoms with Crippen LogP contribution in [0.25, 0.3) is 0 Å². The number of likely N-dealkylation sites (tertiary alicyclic amines) is 1. The first-order valence-corrected chi connectivity index (χ1v) is 6.93. The topological polar surface area (TPSA) is 46.3 Å². The van der Waals surface area contributed by atoms with Crippen LogP contribution in [0.5, 0.6) is 0 Å². The Morgan fingerprint density at radius 3 is 2.74 bits per heavy atom. The molecule has 1 heterocycles. The molecule has 1 aliphatic carbocycles. The lowest BCUT2D eigenvalue weighted by Crippen LogP contribution is -2.49. The van der Waals surface area contributed by atoms with Gasteiger partial charge in [0.1, 0.15) is 5.82 Å². The lowest BCUT2D eigenvalue weighted by Gasteiger charge is -2.33. The van der Waals surface area contributed by atoms with Crippen LogP contribution in [0.4, 0.5) is 4.39 Å². The van der Waals surface area contributed by atoms with Gasteiger partial charge in [-0.05, 0) is 31.7 Å². The molecule has 2 N–H and O–H groups in total. The number of nitrogens with two attached hydrogens (primary N) is 1. The number of carbonyl (C=O) groups is 1. The molecule has 0 aromatic heterocycles. The van der Waals surface area contributed by atoms with Crippen molar-refractivity contribution < 1.29 is 9.18 Å². The van der Waals surface area contributed by atoms with E-state index in [2.05, 4.69) is 0 Å². The summed E-state index contributed by atoms with van der Waals surface area (Å²) < 4.78 is 13.9. The van der Waals surface area contributed by atoms with E-state index in [-0.39, 0.29) is 17.8 Å². The normalized spacial score (nSPS) is 25.2. The number of nitrogens with zero attached hydrogens (tertiary/aromatic N) is 1. The molecule has 0 spiro atoms. The molecule has 1 amide bonds. The molecule has 1 atom stereocenters. The third-order valence-electron chi connectivity index (χ3n) is 4.29. The van der Waals surface area contributed by atoms with Gasteiger partial charge in [0.05, 0.1) is 5.41 Å². The molecule has 2 aliphatic rings. The third-order valence-corrected chi connectivity index (χ3v) is 4.29. The van der Waals surface area contributed by atoms with Gasteiger partial charge in [0.15, 0.2) is 0 Å². The molecule has 1 aromatic carbocycles. The first kappa shape index (κ1) is 12.6. The van der Waals surface area contributed by atoms with Crippen LogP contribution in [0.2, 0.25) is 0 Å². The van der Waals surface area contributed by atoms with Crippen LogP contribution in [0.3, 0.4) is 0 Å². The number of halogens is 1. The molecule has 102 valence electrons. The summed E-state index contributed by atoms with van der Waals surface area (Å²) in [7, 11) is 0. The minimum Gasteiger partial charge on any atom is -0.340 e. The highest BCUT2D eigenvalue weighted by atomic mass is 19.1. The Kier molecular flexibility index (Phi) is 3.05. The molecule has 1 aliphatic heterocycles. The lowest BCUT2D eigenvalue weighted by atomic mass is 9.92. The van der Waals surface area contributed by atoms with E-state index < -0.39 is 5.41 Å². The van der Waals surface area contributed by atoms with Crippen LogP contribution in [0.15, 0.2) is 24.3 Å². The van der Waals surface area contributed by atoms with E-state index in [9.17, 15) is 9.18 Å². The first-order chi connectivity index (χ1) is 9.13. The summed E-state index contributed by atoms with van der Waals surface area (Å²) in [5, 5.41) is 0. The Bertz CT molecular complexity index is 499. The molecule has 1 saturated heterocycles. The van der Waals surface area contributed by atoms with Crippen molar-refractivity contribution in [2.75, 3.05) is 13.1 Å². The molecule has 0 radical (unpaired) electrons. The smallest absolute Gasteiger partial charge is 0.233 e. The van der Waals surface area contributed by atoms with Gasteiger partial charge in [-0.2, -0.15) is 0 Å². The van der Waals surface area contributed by atoms with Gasteiger partial charge >= 0.3 is 0 Å². The van der Waals surface area contributed by atoms with Crippen molar-refractivity contribution in [1.29, 1.82) is 0 Å². The number of hydrogen-bond donors (Lipinski definition) is 1. The average molecular weight is 262 g/mol. The molecule has 2 fully saturated rings. The zero-order chi connectivity index (χ0) is 13.5. The van der Waals surface area contributed by atoms with Crippen molar-refractivity contribution in [3.63, 3.8) is 0 Å². The maximum absolute atomic E-state index is 13.9. The average Bonchev–Trinajstić information content (AvgIpc) is 3.20. The summed E-state index contributed by atoms with van der Waals surface area (Å²) in [5.41, 5.74) is 5.87. The maximum atomic E-state index is 13.9. The number of benzene rings is 1. The van der Waals surface area contributed by atoms with E-state index >= 15 is 0 Å². The highest BCUT2D eigenvalue weighted by Crippen LogP contribution is 2.50. The first-order valence-electron chi connectivity index (χ1n) is 6.93. The van der Waals surface area contributed by atoms with Crippen molar-refractivity contribution in [2.24, 2.45) is 5.73 Å². The number of carbonyl (C=O) groups excluding carboxylic acids is 1. The van der Waals surface area contributed by atoms with Crippen molar-refractivity contribution in [1.82, 2.24) is 4.90 Å². The summed E-state index contributed by atoms with van der Waals surface area (Å²) >= 11 is 0. The number of amides is 1. The second-order valence-electron chi connectivity index (χ2n) is 5.72. The van der Waals surface area contributed by atoms with Crippen molar-refractivity contribution >= 4 is 5.91 Å². The van der Waals surface area contributed by atoms with Crippen LogP contribution in [0.1, 0.15) is 31.2 Å². The monoisotopic (exact) mass is 262 g/mol.